The van der Waals surface area contributed by atoms with Gasteiger partial charge in [-0.1, -0.05) is 12.7 Å². The Hall–Kier alpha value is -2.08. The fraction of sp³-hybridized carbons (Fsp3) is 0.111. The van der Waals surface area contributed by atoms with Crippen LogP contribution in [0.3, 0.4) is 0 Å². The summed E-state index contributed by atoms with van der Waals surface area (Å²) in [5.41, 5.74) is 1.72. The van der Waals surface area contributed by atoms with Gasteiger partial charge in [-0.15, -0.1) is 0 Å². The Morgan fingerprint density at radius 1 is 1.40 bits per heavy atom. The molecule has 0 spiro atoms. The van der Waals surface area contributed by atoms with Gasteiger partial charge >= 0.3 is 5.97 Å². The molecule has 0 atom stereocenters. The van der Waals surface area contributed by atoms with Crippen LogP contribution in [0, 0.1) is 0 Å². The molecule has 0 unspecified atom stereocenters. The van der Waals surface area contributed by atoms with Crippen molar-refractivity contribution < 1.29 is 24.6 Å². The Labute approximate surface area is 86.1 Å². The van der Waals surface area contributed by atoms with E-state index in [4.69, 9.17) is 5.11 Å². The number of hydrogen-bond acceptors (Lipinski definition) is 4. The number of carboxylic acids is 1. The maximum Gasteiger partial charge on any atom is 0.328 e. The van der Waals surface area contributed by atoms with Gasteiger partial charge in [0.15, 0.2) is 0 Å². The van der Waals surface area contributed by atoms with Crippen molar-refractivity contribution in [2.45, 2.75) is 0 Å². The third kappa shape index (κ3) is 5.27. The lowest BCUT2D eigenvalue weighted by molar-refractivity contribution is -0.131. The van der Waals surface area contributed by atoms with Crippen molar-refractivity contribution >= 4 is 11.9 Å². The lowest BCUT2D eigenvalue weighted by Crippen LogP contribution is -2.23. The summed E-state index contributed by atoms with van der Waals surface area (Å²) in [5.74, 6) is -2.32. The van der Waals surface area contributed by atoms with E-state index in [2.05, 4.69) is 11.4 Å². The van der Waals surface area contributed by atoms with E-state index >= 15 is 0 Å². The highest BCUT2D eigenvalue weighted by molar-refractivity contribution is 5.95. The van der Waals surface area contributed by atoms with Crippen LogP contribution in [0.15, 0.2) is 36.1 Å². The number of hydroxylamine groups is 1. The topological polar surface area (TPSA) is 95.9 Å². The van der Waals surface area contributed by atoms with E-state index in [0.29, 0.717) is 0 Å². The maximum atomic E-state index is 11.0. The SMILES string of the molecule is C=C(C(=O)NOC)C(O)=CC=CC(=O)O. The molecule has 0 bridgehead atoms. The van der Waals surface area contributed by atoms with Gasteiger partial charge in [0.05, 0.1) is 12.7 Å². The Bertz CT molecular complexity index is 329. The molecule has 0 aliphatic carbocycles. The smallest absolute Gasteiger partial charge is 0.328 e. The summed E-state index contributed by atoms with van der Waals surface area (Å²) in [6.07, 6.45) is 2.91. The molecule has 6 heteroatoms. The van der Waals surface area contributed by atoms with Gasteiger partial charge < -0.3 is 10.2 Å². The molecule has 0 aromatic rings. The van der Waals surface area contributed by atoms with Gasteiger partial charge in [0.1, 0.15) is 5.76 Å². The third-order valence-electron chi connectivity index (χ3n) is 1.27. The molecular weight excluding hydrogens is 202 g/mol. The van der Waals surface area contributed by atoms with Crippen molar-refractivity contribution in [1.29, 1.82) is 0 Å². The number of carbonyl (C=O) groups excluding carboxylic acids is 1. The highest BCUT2D eigenvalue weighted by Gasteiger charge is 2.09. The van der Waals surface area contributed by atoms with Gasteiger partial charge in [-0.05, 0) is 6.08 Å². The average molecular weight is 213 g/mol. The van der Waals surface area contributed by atoms with Gasteiger partial charge in [0.25, 0.3) is 5.91 Å². The number of amides is 1. The second kappa shape index (κ2) is 6.39. The molecule has 0 fully saturated rings. The van der Waals surface area contributed by atoms with E-state index in [1.807, 2.05) is 5.48 Å². The van der Waals surface area contributed by atoms with Crippen molar-refractivity contribution in [2.75, 3.05) is 7.11 Å². The van der Waals surface area contributed by atoms with Gasteiger partial charge in [-0.3, -0.25) is 9.63 Å². The van der Waals surface area contributed by atoms with Crippen LogP contribution in [0.5, 0.6) is 0 Å². The first kappa shape index (κ1) is 12.9. The van der Waals surface area contributed by atoms with Crippen LogP contribution in [-0.4, -0.2) is 29.2 Å². The van der Waals surface area contributed by atoms with Crippen molar-refractivity contribution in [3.8, 4) is 0 Å². The molecule has 82 valence electrons. The second-order valence-electron chi connectivity index (χ2n) is 2.36. The zero-order chi connectivity index (χ0) is 11.8. The van der Waals surface area contributed by atoms with Gasteiger partial charge in [0, 0.05) is 6.08 Å². The Morgan fingerprint density at radius 3 is 2.47 bits per heavy atom. The minimum Gasteiger partial charge on any atom is -0.507 e. The van der Waals surface area contributed by atoms with Gasteiger partial charge in [-0.25, -0.2) is 10.3 Å². The fourth-order valence-electron chi connectivity index (χ4n) is 0.593. The molecule has 0 aromatic carbocycles. The van der Waals surface area contributed by atoms with Crippen LogP contribution >= 0.6 is 0 Å². The Balaban J connectivity index is 4.44. The number of aliphatic carboxylic acids is 1. The monoisotopic (exact) mass is 213 g/mol. The lowest BCUT2D eigenvalue weighted by atomic mass is 10.2. The molecule has 6 nitrogen and oxygen atoms in total. The van der Waals surface area contributed by atoms with Crippen LogP contribution < -0.4 is 5.48 Å². The molecule has 0 radical (unpaired) electrons. The molecule has 0 saturated heterocycles. The summed E-state index contributed by atoms with van der Waals surface area (Å²) in [4.78, 5) is 25.4. The van der Waals surface area contributed by atoms with Gasteiger partial charge in [0.2, 0.25) is 0 Å². The normalized spacial score (nSPS) is 11.4. The van der Waals surface area contributed by atoms with Crippen molar-refractivity contribution in [3.63, 3.8) is 0 Å². The van der Waals surface area contributed by atoms with Crippen molar-refractivity contribution in [2.24, 2.45) is 0 Å². The first-order valence-corrected chi connectivity index (χ1v) is 3.82. The highest BCUT2D eigenvalue weighted by atomic mass is 16.6. The molecule has 15 heavy (non-hydrogen) atoms. The first-order valence-electron chi connectivity index (χ1n) is 3.82. The number of carboxylic acid groups (broad SMARTS) is 1. The molecule has 0 aliphatic rings. The number of carbonyl (C=O) groups is 2. The fourth-order valence-corrected chi connectivity index (χ4v) is 0.593. The number of hydrogen-bond donors (Lipinski definition) is 3. The quantitative estimate of drug-likeness (QED) is 0.264. The second-order valence-corrected chi connectivity index (χ2v) is 2.36. The molecule has 0 rings (SSSR count). The zero-order valence-electron chi connectivity index (χ0n) is 8.06. The van der Waals surface area contributed by atoms with Crippen LogP contribution in [0.4, 0.5) is 0 Å². The largest absolute Gasteiger partial charge is 0.507 e. The van der Waals surface area contributed by atoms with E-state index in [1.54, 1.807) is 0 Å². The van der Waals surface area contributed by atoms with Gasteiger partial charge in [-0.2, -0.15) is 0 Å². The number of nitrogens with one attached hydrogen (secondary N) is 1. The Morgan fingerprint density at radius 2 is 2.00 bits per heavy atom. The summed E-state index contributed by atoms with van der Waals surface area (Å²) in [5, 5.41) is 17.5. The first-order chi connectivity index (χ1) is 6.99. The molecular formula is C9H11NO5. The van der Waals surface area contributed by atoms with Crippen LogP contribution in [-0.2, 0) is 14.4 Å². The minimum absolute atomic E-state index is 0.230. The van der Waals surface area contributed by atoms with Crippen LogP contribution in [0.2, 0.25) is 0 Å². The molecule has 0 aromatic heterocycles. The van der Waals surface area contributed by atoms with E-state index in [9.17, 15) is 14.7 Å². The van der Waals surface area contributed by atoms with Crippen molar-refractivity contribution in [3.05, 3.63) is 36.1 Å². The number of rotatable bonds is 5. The van der Waals surface area contributed by atoms with Crippen LogP contribution in [0.25, 0.3) is 0 Å². The molecule has 3 N–H and O–H groups in total. The highest BCUT2D eigenvalue weighted by Crippen LogP contribution is 2.03. The summed E-state index contributed by atoms with van der Waals surface area (Å²) in [7, 11) is 1.23. The lowest BCUT2D eigenvalue weighted by Gasteiger charge is -2.03. The predicted octanol–water partition coefficient (Wildman–Crippen LogP) is 0.303. The summed E-state index contributed by atoms with van der Waals surface area (Å²) < 4.78 is 0. The molecule has 1 amide bonds. The van der Waals surface area contributed by atoms with Crippen molar-refractivity contribution in [1.82, 2.24) is 5.48 Å². The maximum absolute atomic E-state index is 11.0. The summed E-state index contributed by atoms with van der Waals surface area (Å²) in [6.45, 7) is 3.28. The predicted molar refractivity (Wildman–Crippen MR) is 51.8 cm³/mol. The average Bonchev–Trinajstić information content (AvgIpc) is 2.16. The molecule has 0 saturated carbocycles. The number of allylic oxidation sites excluding steroid dienone is 2. The summed E-state index contributed by atoms with van der Waals surface area (Å²) >= 11 is 0. The number of aliphatic hydroxyl groups excluding tert-OH is 1. The number of aliphatic hydroxyl groups is 1. The van der Waals surface area contributed by atoms with E-state index < -0.39 is 17.6 Å². The molecule has 0 aliphatic heterocycles. The zero-order valence-corrected chi connectivity index (χ0v) is 8.06. The molecule has 0 heterocycles. The van der Waals surface area contributed by atoms with E-state index in [1.165, 1.54) is 7.11 Å². The van der Waals surface area contributed by atoms with E-state index in [0.717, 1.165) is 18.2 Å². The third-order valence-corrected chi connectivity index (χ3v) is 1.27. The Kier molecular flexibility index (Phi) is 5.50. The standard InChI is InChI=1S/C9H11NO5/c1-6(9(14)10-15-2)7(11)4-3-5-8(12)13/h3-5,11H,1H2,2H3,(H,10,14)(H,12,13). The summed E-state index contributed by atoms with van der Waals surface area (Å²) in [6, 6.07) is 0. The minimum atomic E-state index is -1.16. The van der Waals surface area contributed by atoms with E-state index in [-0.39, 0.29) is 5.57 Å². The van der Waals surface area contributed by atoms with Crippen LogP contribution in [0.1, 0.15) is 0 Å².